The Kier molecular flexibility index (Phi) is 5.84. The van der Waals surface area contributed by atoms with Gasteiger partial charge in [-0.25, -0.2) is 9.37 Å². The van der Waals surface area contributed by atoms with Crippen LogP contribution in [-0.4, -0.2) is 27.9 Å². The Balaban J connectivity index is 1.61. The highest BCUT2D eigenvalue weighted by molar-refractivity contribution is 9.10. The number of halogens is 2. The lowest BCUT2D eigenvalue weighted by Crippen LogP contribution is -2.37. The normalized spacial score (nSPS) is 10.7. The zero-order valence-electron chi connectivity index (χ0n) is 14.8. The molecular weight excluding hydrogens is 431 g/mol. The summed E-state index contributed by atoms with van der Waals surface area (Å²) in [5.41, 5.74) is 1.32. The van der Waals surface area contributed by atoms with Gasteiger partial charge in [0.1, 0.15) is 12.4 Å². The predicted molar refractivity (Wildman–Crippen MR) is 106 cm³/mol. The van der Waals surface area contributed by atoms with Gasteiger partial charge >= 0.3 is 0 Å². The molecule has 0 bridgehead atoms. The number of aryl methyl sites for hydroxylation is 1. The van der Waals surface area contributed by atoms with Crippen molar-refractivity contribution in [1.82, 2.24) is 14.9 Å². The average molecular weight is 447 g/mol. The maximum atomic E-state index is 13.3. The third-order valence-corrected chi connectivity index (χ3v) is 4.50. The molecule has 0 saturated heterocycles. The van der Waals surface area contributed by atoms with Crippen molar-refractivity contribution in [2.24, 2.45) is 0 Å². The molecule has 2 amide bonds. The second kappa shape index (κ2) is 8.30. The molecule has 0 atom stereocenters. The number of amides is 2. The van der Waals surface area contributed by atoms with Crippen molar-refractivity contribution in [3.05, 3.63) is 68.9 Å². The second-order valence-corrected chi connectivity index (χ2v) is 7.04. The van der Waals surface area contributed by atoms with Crippen LogP contribution in [0.4, 0.5) is 10.1 Å². The summed E-state index contributed by atoms with van der Waals surface area (Å²) in [5.74, 6) is -1.50. The van der Waals surface area contributed by atoms with Crippen LogP contribution >= 0.6 is 15.9 Å². The van der Waals surface area contributed by atoms with E-state index in [4.69, 9.17) is 0 Å². The third kappa shape index (κ3) is 4.61. The summed E-state index contributed by atoms with van der Waals surface area (Å²) in [6.45, 7) is 1.27. The van der Waals surface area contributed by atoms with E-state index in [2.05, 4.69) is 31.5 Å². The lowest BCUT2D eigenvalue weighted by atomic mass is 10.2. The van der Waals surface area contributed by atoms with Gasteiger partial charge in [0.15, 0.2) is 0 Å². The van der Waals surface area contributed by atoms with Gasteiger partial charge in [0.25, 0.3) is 5.56 Å². The molecule has 7 nitrogen and oxygen atoms in total. The second-order valence-electron chi connectivity index (χ2n) is 6.12. The number of nitrogens with zero attached hydrogens (tertiary/aromatic N) is 2. The summed E-state index contributed by atoms with van der Waals surface area (Å²) in [4.78, 5) is 40.5. The summed E-state index contributed by atoms with van der Waals surface area (Å²) < 4.78 is 15.3. The van der Waals surface area contributed by atoms with Gasteiger partial charge in [-0.05, 0) is 48.9 Å². The van der Waals surface area contributed by atoms with E-state index in [-0.39, 0.29) is 18.5 Å². The van der Waals surface area contributed by atoms with Crippen LogP contribution < -0.4 is 16.2 Å². The van der Waals surface area contributed by atoms with E-state index in [1.165, 1.54) is 18.5 Å². The maximum Gasteiger partial charge on any atom is 0.261 e. The van der Waals surface area contributed by atoms with E-state index in [0.717, 1.165) is 20.7 Å². The fourth-order valence-corrected chi connectivity index (χ4v) is 3.07. The molecule has 2 N–H and O–H groups in total. The molecule has 0 unspecified atom stereocenters. The molecule has 3 aromatic rings. The highest BCUT2D eigenvalue weighted by Crippen LogP contribution is 2.19. The highest BCUT2D eigenvalue weighted by atomic mass is 79.9. The molecule has 2 aromatic carbocycles. The highest BCUT2D eigenvalue weighted by Gasteiger charge is 2.11. The fraction of sp³-hybridized carbons (Fsp3) is 0.158. The lowest BCUT2D eigenvalue weighted by Gasteiger charge is -2.10. The van der Waals surface area contributed by atoms with Crippen molar-refractivity contribution in [2.45, 2.75) is 13.5 Å². The molecule has 1 aromatic heterocycles. The number of aromatic nitrogens is 2. The molecule has 0 aliphatic heterocycles. The number of hydrogen-bond donors (Lipinski definition) is 2. The molecule has 0 fully saturated rings. The minimum absolute atomic E-state index is 0.0822. The van der Waals surface area contributed by atoms with E-state index in [1.807, 2.05) is 13.0 Å². The number of fused-ring (bicyclic) bond motifs is 1. The quantitative estimate of drug-likeness (QED) is 0.628. The minimum Gasteiger partial charge on any atom is -0.345 e. The van der Waals surface area contributed by atoms with Crippen molar-refractivity contribution in [3.63, 3.8) is 0 Å². The van der Waals surface area contributed by atoms with Crippen molar-refractivity contribution >= 4 is 44.3 Å². The molecule has 144 valence electrons. The van der Waals surface area contributed by atoms with Gasteiger partial charge in [0, 0.05) is 10.2 Å². The van der Waals surface area contributed by atoms with Crippen LogP contribution in [0.15, 0.2) is 52.0 Å². The van der Waals surface area contributed by atoms with Gasteiger partial charge in [-0.3, -0.25) is 19.0 Å². The van der Waals surface area contributed by atoms with Crippen LogP contribution in [0.5, 0.6) is 0 Å². The van der Waals surface area contributed by atoms with E-state index >= 15 is 0 Å². The van der Waals surface area contributed by atoms with Crippen molar-refractivity contribution in [2.75, 3.05) is 11.9 Å². The zero-order valence-corrected chi connectivity index (χ0v) is 16.4. The van der Waals surface area contributed by atoms with Gasteiger partial charge in [-0.1, -0.05) is 15.9 Å². The van der Waals surface area contributed by atoms with Crippen molar-refractivity contribution < 1.29 is 14.0 Å². The maximum absolute atomic E-state index is 13.3. The summed E-state index contributed by atoms with van der Waals surface area (Å²) in [6.07, 6.45) is 1.22. The Bertz CT molecular complexity index is 1130. The molecule has 0 saturated carbocycles. The van der Waals surface area contributed by atoms with Crippen LogP contribution in [-0.2, 0) is 16.1 Å². The van der Waals surface area contributed by atoms with E-state index in [9.17, 15) is 18.8 Å². The van der Waals surface area contributed by atoms with Gasteiger partial charge in [0.2, 0.25) is 11.8 Å². The molecule has 0 aliphatic carbocycles. The first-order valence-electron chi connectivity index (χ1n) is 8.31. The van der Waals surface area contributed by atoms with E-state index < -0.39 is 23.2 Å². The van der Waals surface area contributed by atoms with Gasteiger partial charge < -0.3 is 10.6 Å². The molecule has 28 heavy (non-hydrogen) atoms. The van der Waals surface area contributed by atoms with Crippen molar-refractivity contribution in [3.8, 4) is 0 Å². The van der Waals surface area contributed by atoms with Crippen molar-refractivity contribution in [1.29, 1.82) is 0 Å². The Labute approximate surface area is 167 Å². The largest absolute Gasteiger partial charge is 0.345 e. The zero-order chi connectivity index (χ0) is 20.3. The first kappa shape index (κ1) is 19.7. The van der Waals surface area contributed by atoms with Crippen LogP contribution in [0, 0.1) is 12.7 Å². The van der Waals surface area contributed by atoms with E-state index in [1.54, 1.807) is 12.1 Å². The molecule has 9 heteroatoms. The lowest BCUT2D eigenvalue weighted by molar-refractivity contribution is -0.124. The predicted octanol–water partition coefficient (Wildman–Crippen LogP) is 2.36. The average Bonchev–Trinajstić information content (AvgIpc) is 2.65. The number of nitrogens with one attached hydrogen (secondary N) is 2. The third-order valence-electron chi connectivity index (χ3n) is 4.01. The van der Waals surface area contributed by atoms with E-state index in [0.29, 0.717) is 11.2 Å². The van der Waals surface area contributed by atoms with Crippen LogP contribution in [0.1, 0.15) is 5.56 Å². The minimum atomic E-state index is -0.562. The summed E-state index contributed by atoms with van der Waals surface area (Å²) >= 11 is 3.35. The van der Waals surface area contributed by atoms with Gasteiger partial charge in [0.05, 0.1) is 23.8 Å². The molecule has 0 aliphatic rings. The topological polar surface area (TPSA) is 93.1 Å². The number of carbonyl (C=O) groups is 2. The first-order chi connectivity index (χ1) is 13.3. The number of hydrogen-bond acceptors (Lipinski definition) is 4. The smallest absolute Gasteiger partial charge is 0.261 e. The standard InChI is InChI=1S/C19H16BrFN4O3/c1-11-6-12(20)2-4-15(11)24-17(26)8-22-18(27)9-25-10-23-16-5-3-13(21)7-14(16)19(25)28/h2-7,10H,8-9H2,1H3,(H,22,27)(H,24,26). The van der Waals surface area contributed by atoms with Crippen LogP contribution in [0.3, 0.4) is 0 Å². The number of carbonyl (C=O) groups excluding carboxylic acids is 2. The Morgan fingerprint density at radius 2 is 1.96 bits per heavy atom. The molecular formula is C19H16BrFN4O3. The molecule has 3 rings (SSSR count). The van der Waals surface area contributed by atoms with Crippen LogP contribution in [0.2, 0.25) is 0 Å². The first-order valence-corrected chi connectivity index (χ1v) is 9.10. The summed E-state index contributed by atoms with van der Waals surface area (Å²) in [6, 6.07) is 9.08. The van der Waals surface area contributed by atoms with Gasteiger partial charge in [-0.2, -0.15) is 0 Å². The summed E-state index contributed by atoms with van der Waals surface area (Å²) in [7, 11) is 0. The Morgan fingerprint density at radius 3 is 2.71 bits per heavy atom. The number of benzene rings is 2. The molecule has 0 spiro atoms. The SMILES string of the molecule is Cc1cc(Br)ccc1NC(=O)CNC(=O)Cn1cnc2ccc(F)cc2c1=O. The monoisotopic (exact) mass is 446 g/mol. The Morgan fingerprint density at radius 1 is 1.18 bits per heavy atom. The Hall–Kier alpha value is -3.07. The van der Waals surface area contributed by atoms with Gasteiger partial charge in [-0.15, -0.1) is 0 Å². The molecule has 1 heterocycles. The number of anilines is 1. The number of rotatable bonds is 5. The molecule has 0 radical (unpaired) electrons. The summed E-state index contributed by atoms with van der Waals surface area (Å²) in [5, 5.41) is 5.23. The van der Waals surface area contributed by atoms with Crippen LogP contribution in [0.25, 0.3) is 10.9 Å². The fourth-order valence-electron chi connectivity index (χ4n) is 2.60.